The summed E-state index contributed by atoms with van der Waals surface area (Å²) in [7, 11) is 0. The fraction of sp³-hybridized carbons (Fsp3) is 0.133. The van der Waals surface area contributed by atoms with Crippen molar-refractivity contribution in [3.8, 4) is 5.75 Å². The molecule has 0 atom stereocenters. The molecule has 0 spiro atoms. The summed E-state index contributed by atoms with van der Waals surface area (Å²) in [6, 6.07) is 15.4. The van der Waals surface area contributed by atoms with Gasteiger partial charge in [-0.2, -0.15) is 0 Å². The molecule has 0 aliphatic carbocycles. The fourth-order valence-corrected chi connectivity index (χ4v) is 1.78. The van der Waals surface area contributed by atoms with Gasteiger partial charge in [-0.25, -0.2) is 0 Å². The predicted molar refractivity (Wildman–Crippen MR) is 67.3 cm³/mol. The van der Waals surface area contributed by atoms with Crippen LogP contribution in [0.25, 0.3) is 0 Å². The van der Waals surface area contributed by atoms with Crippen molar-refractivity contribution < 1.29 is 9.90 Å². The minimum Gasteiger partial charge on any atom is -0.507 e. The first-order chi connectivity index (χ1) is 8.29. The van der Waals surface area contributed by atoms with Gasteiger partial charge in [0.1, 0.15) is 5.75 Å². The first kappa shape index (κ1) is 11.4. The molecular weight excluding hydrogens is 212 g/mol. The van der Waals surface area contributed by atoms with E-state index in [4.69, 9.17) is 0 Å². The molecule has 0 amide bonds. The standard InChI is InChI=1S/C15H14O2/c16-11-14-9-8-13(10-15(14)17)7-6-12-4-2-1-3-5-12/h1-5,8-11,17H,6-7H2. The van der Waals surface area contributed by atoms with Crippen LogP contribution in [-0.2, 0) is 12.8 Å². The normalized spacial score (nSPS) is 10.1. The Balaban J connectivity index is 2.05. The molecule has 1 N–H and O–H groups in total. The molecule has 17 heavy (non-hydrogen) atoms. The first-order valence-electron chi connectivity index (χ1n) is 5.60. The molecule has 86 valence electrons. The largest absolute Gasteiger partial charge is 0.507 e. The Labute approximate surface area is 101 Å². The highest BCUT2D eigenvalue weighted by molar-refractivity contribution is 5.79. The quantitative estimate of drug-likeness (QED) is 0.814. The van der Waals surface area contributed by atoms with Crippen molar-refractivity contribution in [1.29, 1.82) is 0 Å². The van der Waals surface area contributed by atoms with E-state index in [1.807, 2.05) is 24.3 Å². The molecule has 2 aromatic carbocycles. The summed E-state index contributed by atoms with van der Waals surface area (Å²) in [6.07, 6.45) is 2.45. The number of carbonyl (C=O) groups is 1. The van der Waals surface area contributed by atoms with E-state index in [1.54, 1.807) is 12.1 Å². The highest BCUT2D eigenvalue weighted by Gasteiger charge is 2.01. The van der Waals surface area contributed by atoms with E-state index < -0.39 is 0 Å². The van der Waals surface area contributed by atoms with Gasteiger partial charge in [0.15, 0.2) is 6.29 Å². The lowest BCUT2D eigenvalue weighted by atomic mass is 10.0. The molecule has 2 rings (SSSR count). The van der Waals surface area contributed by atoms with Gasteiger partial charge in [-0.1, -0.05) is 36.4 Å². The van der Waals surface area contributed by atoms with Gasteiger partial charge in [0.05, 0.1) is 5.56 Å². The Morgan fingerprint density at radius 1 is 0.941 bits per heavy atom. The summed E-state index contributed by atoms with van der Waals surface area (Å²) in [4.78, 5) is 10.6. The third-order valence-electron chi connectivity index (χ3n) is 2.77. The van der Waals surface area contributed by atoms with Gasteiger partial charge in [-0.05, 0) is 36.1 Å². The van der Waals surface area contributed by atoms with Gasteiger partial charge in [0, 0.05) is 0 Å². The second-order valence-electron chi connectivity index (χ2n) is 4.00. The Morgan fingerprint density at radius 2 is 1.65 bits per heavy atom. The van der Waals surface area contributed by atoms with E-state index in [2.05, 4.69) is 12.1 Å². The monoisotopic (exact) mass is 226 g/mol. The minimum atomic E-state index is 0.0607. The van der Waals surface area contributed by atoms with Gasteiger partial charge >= 0.3 is 0 Å². The lowest BCUT2D eigenvalue weighted by molar-refractivity contribution is 0.112. The summed E-state index contributed by atoms with van der Waals surface area (Å²) in [5.74, 6) is 0.0607. The number of benzene rings is 2. The van der Waals surface area contributed by atoms with Crippen molar-refractivity contribution in [3.05, 3.63) is 65.2 Å². The Morgan fingerprint density at radius 3 is 2.29 bits per heavy atom. The van der Waals surface area contributed by atoms with Crippen LogP contribution in [0, 0.1) is 0 Å². The summed E-state index contributed by atoms with van der Waals surface area (Å²) in [5.41, 5.74) is 2.65. The molecule has 0 heterocycles. The lowest BCUT2D eigenvalue weighted by Gasteiger charge is -2.04. The van der Waals surface area contributed by atoms with Crippen molar-refractivity contribution in [2.75, 3.05) is 0 Å². The lowest BCUT2D eigenvalue weighted by Crippen LogP contribution is -1.92. The van der Waals surface area contributed by atoms with Crippen LogP contribution in [0.1, 0.15) is 21.5 Å². The maximum Gasteiger partial charge on any atom is 0.153 e. The van der Waals surface area contributed by atoms with E-state index in [-0.39, 0.29) is 5.75 Å². The topological polar surface area (TPSA) is 37.3 Å². The van der Waals surface area contributed by atoms with Crippen LogP contribution in [0.15, 0.2) is 48.5 Å². The van der Waals surface area contributed by atoms with E-state index >= 15 is 0 Å². The minimum absolute atomic E-state index is 0.0607. The maximum absolute atomic E-state index is 10.6. The van der Waals surface area contributed by atoms with Crippen LogP contribution in [0.3, 0.4) is 0 Å². The van der Waals surface area contributed by atoms with Crippen LogP contribution in [-0.4, -0.2) is 11.4 Å². The molecule has 0 fully saturated rings. The van der Waals surface area contributed by atoms with Crippen LogP contribution in [0.2, 0.25) is 0 Å². The summed E-state index contributed by atoms with van der Waals surface area (Å²) in [5, 5.41) is 9.56. The maximum atomic E-state index is 10.6. The summed E-state index contributed by atoms with van der Waals surface area (Å²) < 4.78 is 0. The number of aromatic hydroxyl groups is 1. The molecule has 2 aromatic rings. The number of phenols is 1. The highest BCUT2D eigenvalue weighted by atomic mass is 16.3. The zero-order valence-corrected chi connectivity index (χ0v) is 9.47. The smallest absolute Gasteiger partial charge is 0.153 e. The molecule has 0 saturated carbocycles. The average Bonchev–Trinajstić information content (AvgIpc) is 2.38. The number of rotatable bonds is 4. The average molecular weight is 226 g/mol. The van der Waals surface area contributed by atoms with E-state index in [1.165, 1.54) is 5.56 Å². The van der Waals surface area contributed by atoms with Gasteiger partial charge in [0.25, 0.3) is 0 Å². The zero-order chi connectivity index (χ0) is 12.1. The van der Waals surface area contributed by atoms with Crippen molar-refractivity contribution in [1.82, 2.24) is 0 Å². The molecule has 0 saturated heterocycles. The Hall–Kier alpha value is -2.09. The Bertz CT molecular complexity index is 504. The van der Waals surface area contributed by atoms with Crippen LogP contribution in [0.4, 0.5) is 0 Å². The van der Waals surface area contributed by atoms with Gasteiger partial charge in [-0.15, -0.1) is 0 Å². The predicted octanol–water partition coefficient (Wildman–Crippen LogP) is 2.99. The summed E-state index contributed by atoms with van der Waals surface area (Å²) in [6.45, 7) is 0. The fourth-order valence-electron chi connectivity index (χ4n) is 1.78. The molecule has 0 unspecified atom stereocenters. The molecule has 0 aromatic heterocycles. The zero-order valence-electron chi connectivity index (χ0n) is 9.47. The molecule has 2 heteroatoms. The van der Waals surface area contributed by atoms with Crippen LogP contribution < -0.4 is 0 Å². The van der Waals surface area contributed by atoms with E-state index in [9.17, 15) is 9.90 Å². The van der Waals surface area contributed by atoms with Crippen LogP contribution >= 0.6 is 0 Å². The van der Waals surface area contributed by atoms with Crippen molar-refractivity contribution >= 4 is 6.29 Å². The second-order valence-corrected chi connectivity index (χ2v) is 4.00. The van der Waals surface area contributed by atoms with E-state index in [0.29, 0.717) is 11.8 Å². The number of hydrogen-bond acceptors (Lipinski definition) is 2. The van der Waals surface area contributed by atoms with Crippen molar-refractivity contribution in [2.24, 2.45) is 0 Å². The highest BCUT2D eigenvalue weighted by Crippen LogP contribution is 2.18. The van der Waals surface area contributed by atoms with Crippen molar-refractivity contribution in [2.45, 2.75) is 12.8 Å². The number of aryl methyl sites for hydroxylation is 2. The van der Waals surface area contributed by atoms with Crippen molar-refractivity contribution in [3.63, 3.8) is 0 Å². The SMILES string of the molecule is O=Cc1ccc(CCc2ccccc2)cc1O. The van der Waals surface area contributed by atoms with Gasteiger partial charge in [-0.3, -0.25) is 4.79 Å². The third kappa shape index (κ3) is 2.94. The second kappa shape index (κ2) is 5.30. The molecule has 0 aliphatic rings. The molecule has 0 bridgehead atoms. The Kier molecular flexibility index (Phi) is 3.55. The van der Waals surface area contributed by atoms with Crippen LogP contribution in [0.5, 0.6) is 5.75 Å². The van der Waals surface area contributed by atoms with Gasteiger partial charge < -0.3 is 5.11 Å². The van der Waals surface area contributed by atoms with E-state index in [0.717, 1.165) is 18.4 Å². The number of aldehydes is 1. The molecular formula is C15H14O2. The third-order valence-corrected chi connectivity index (χ3v) is 2.77. The number of phenolic OH excluding ortho intramolecular Hbond substituents is 1. The number of carbonyl (C=O) groups excluding carboxylic acids is 1. The number of hydrogen-bond donors (Lipinski definition) is 1. The molecule has 2 nitrogen and oxygen atoms in total. The van der Waals surface area contributed by atoms with Gasteiger partial charge in [0.2, 0.25) is 0 Å². The molecule has 0 aliphatic heterocycles. The summed E-state index contributed by atoms with van der Waals surface area (Å²) >= 11 is 0. The first-order valence-corrected chi connectivity index (χ1v) is 5.60. The molecule has 0 radical (unpaired) electrons.